The fourth-order valence-corrected chi connectivity index (χ4v) is 4.33. The molecule has 2 fully saturated rings. The average molecular weight is 369 g/mol. The van der Waals surface area contributed by atoms with Crippen LogP contribution in [0.25, 0.3) is 0 Å². The van der Waals surface area contributed by atoms with E-state index in [1.807, 2.05) is 17.0 Å². The van der Waals surface area contributed by atoms with Crippen molar-refractivity contribution >= 4 is 5.91 Å². The van der Waals surface area contributed by atoms with E-state index in [0.29, 0.717) is 18.2 Å². The molecule has 4 rings (SSSR count). The maximum absolute atomic E-state index is 13.1. The molecule has 0 bridgehead atoms. The number of halogens is 1. The number of benzene rings is 2. The van der Waals surface area contributed by atoms with Crippen molar-refractivity contribution in [3.8, 4) is 5.75 Å². The Bertz CT molecular complexity index is 783. The summed E-state index contributed by atoms with van der Waals surface area (Å²) in [4.78, 5) is 17.1. The lowest BCUT2D eigenvalue weighted by Gasteiger charge is -2.35. The van der Waals surface area contributed by atoms with E-state index in [9.17, 15) is 9.18 Å². The molecular weight excluding hydrogens is 343 g/mol. The molecule has 1 amide bonds. The van der Waals surface area contributed by atoms with Gasteiger partial charge in [-0.2, -0.15) is 0 Å². The molecular formula is C22H26FN2O2+. The molecule has 2 heterocycles. The van der Waals surface area contributed by atoms with E-state index in [1.165, 1.54) is 17.7 Å². The Labute approximate surface area is 159 Å². The van der Waals surface area contributed by atoms with Crippen LogP contribution in [0.1, 0.15) is 36.3 Å². The Morgan fingerprint density at radius 2 is 1.59 bits per heavy atom. The minimum atomic E-state index is -0.246. The second kappa shape index (κ2) is 7.69. The first-order valence-corrected chi connectivity index (χ1v) is 9.69. The van der Waals surface area contributed by atoms with Crippen molar-refractivity contribution in [2.24, 2.45) is 0 Å². The predicted octanol–water partition coefficient (Wildman–Crippen LogP) is 3.24. The van der Waals surface area contributed by atoms with E-state index in [1.54, 1.807) is 12.1 Å². The quantitative estimate of drug-likeness (QED) is 0.777. The number of piperidine rings is 1. The molecule has 2 aromatic rings. The maximum Gasteiger partial charge on any atom is 0.253 e. The first-order chi connectivity index (χ1) is 13.1. The molecule has 1 atom stereocenters. The van der Waals surface area contributed by atoms with Gasteiger partial charge in [0, 0.05) is 25.2 Å². The van der Waals surface area contributed by atoms with Crippen LogP contribution >= 0.6 is 0 Å². The summed E-state index contributed by atoms with van der Waals surface area (Å²) in [5.41, 5.74) is 2.28. The Kier molecular flexibility index (Phi) is 5.12. The number of carbonyl (C=O) groups excluding carboxylic acids is 1. The molecule has 2 aromatic carbocycles. The van der Waals surface area contributed by atoms with Gasteiger partial charge in [-0.1, -0.05) is 12.1 Å². The molecule has 4 nitrogen and oxygen atoms in total. The van der Waals surface area contributed by atoms with Gasteiger partial charge in [-0.3, -0.25) is 9.69 Å². The number of likely N-dealkylation sites (tertiary alicyclic amines) is 2. The van der Waals surface area contributed by atoms with Gasteiger partial charge in [0.25, 0.3) is 5.75 Å². The van der Waals surface area contributed by atoms with Gasteiger partial charge in [0.2, 0.25) is 5.91 Å². The van der Waals surface area contributed by atoms with Gasteiger partial charge in [0.1, 0.15) is 5.82 Å². The lowest BCUT2D eigenvalue weighted by Crippen LogP contribution is -2.45. The van der Waals surface area contributed by atoms with Crippen molar-refractivity contribution < 1.29 is 14.3 Å². The Hall–Kier alpha value is -2.40. The van der Waals surface area contributed by atoms with Gasteiger partial charge in [-0.05, 0) is 73.7 Å². The van der Waals surface area contributed by atoms with Gasteiger partial charge in [0.15, 0.2) is 0 Å². The molecule has 2 aliphatic rings. The molecule has 0 spiro atoms. The molecule has 142 valence electrons. The van der Waals surface area contributed by atoms with Crippen LogP contribution < -0.4 is 0 Å². The Morgan fingerprint density at radius 3 is 2.26 bits per heavy atom. The lowest BCUT2D eigenvalue weighted by atomic mass is 9.89. The largest absolute Gasteiger partial charge is 0.593 e. The maximum atomic E-state index is 13.1. The summed E-state index contributed by atoms with van der Waals surface area (Å²) in [5, 5.41) is 7.61. The molecule has 5 heteroatoms. The normalized spacial score (nSPS) is 21.7. The zero-order valence-corrected chi connectivity index (χ0v) is 15.4. The minimum Gasteiger partial charge on any atom is -0.593 e. The molecule has 27 heavy (non-hydrogen) atoms. The number of hydrogen-bond donors (Lipinski definition) is 0. The van der Waals surface area contributed by atoms with Crippen molar-refractivity contribution in [1.29, 1.82) is 0 Å². The first-order valence-electron chi connectivity index (χ1n) is 9.69. The monoisotopic (exact) mass is 369 g/mol. The highest BCUT2D eigenvalue weighted by Gasteiger charge is 2.37. The van der Waals surface area contributed by atoms with Crippen LogP contribution in [0.5, 0.6) is 5.75 Å². The van der Waals surface area contributed by atoms with Gasteiger partial charge >= 0.3 is 0 Å². The zero-order valence-electron chi connectivity index (χ0n) is 15.4. The highest BCUT2D eigenvalue weighted by molar-refractivity contribution is 5.84. The van der Waals surface area contributed by atoms with Crippen LogP contribution in [-0.4, -0.2) is 46.5 Å². The second-order valence-electron chi connectivity index (χ2n) is 7.62. The molecule has 2 N–H and O–H groups in total. The summed E-state index contributed by atoms with van der Waals surface area (Å²) < 4.78 is 13.1. The lowest BCUT2D eigenvalue weighted by molar-refractivity contribution is -0.133. The molecule has 0 radical (unpaired) electrons. The summed E-state index contributed by atoms with van der Waals surface area (Å²) in [6, 6.07) is 14.2. The number of nitrogens with zero attached hydrogens (tertiary/aromatic N) is 2. The standard InChI is InChI=1S/C22H25FN2O2/c23-19-5-1-16(2-6-19)15-25-14-11-21(22(25)27)24-12-9-18(10-13-24)17-3-7-20(26)8-4-17/h1-8,18,21,26H,9-15H2/p+1/t21-/m1/s1. The van der Waals surface area contributed by atoms with Crippen LogP contribution in [0.3, 0.4) is 0 Å². The fourth-order valence-electron chi connectivity index (χ4n) is 4.33. The van der Waals surface area contributed by atoms with E-state index >= 15 is 0 Å². The predicted molar refractivity (Wildman–Crippen MR) is 103 cm³/mol. The smallest absolute Gasteiger partial charge is 0.253 e. The fraction of sp³-hybridized carbons (Fsp3) is 0.409. The van der Waals surface area contributed by atoms with Crippen LogP contribution in [0.15, 0.2) is 48.5 Å². The Balaban J connectivity index is 1.33. The Morgan fingerprint density at radius 1 is 0.926 bits per heavy atom. The van der Waals surface area contributed by atoms with Crippen molar-refractivity contribution in [3.63, 3.8) is 0 Å². The molecule has 2 saturated heterocycles. The third-order valence-corrected chi connectivity index (χ3v) is 5.91. The minimum absolute atomic E-state index is 0.0120. The highest BCUT2D eigenvalue weighted by Crippen LogP contribution is 2.31. The highest BCUT2D eigenvalue weighted by atomic mass is 19.1. The summed E-state index contributed by atoms with van der Waals surface area (Å²) in [7, 11) is 0. The number of carbonyl (C=O) groups is 1. The summed E-state index contributed by atoms with van der Waals surface area (Å²) in [5.74, 6) is 1.03. The van der Waals surface area contributed by atoms with E-state index in [2.05, 4.69) is 17.0 Å². The van der Waals surface area contributed by atoms with Crippen molar-refractivity contribution in [2.75, 3.05) is 19.6 Å². The first kappa shape index (κ1) is 18.0. The SMILES string of the molecule is O=C1[C@H](N2CCC(c3ccc([OH2+])cc3)CC2)CCN1Cc1ccc(F)cc1. The summed E-state index contributed by atoms with van der Waals surface area (Å²) in [6.07, 6.45) is 2.98. The van der Waals surface area contributed by atoms with Crippen LogP contribution in [-0.2, 0) is 11.3 Å². The average Bonchev–Trinajstić information content (AvgIpc) is 3.05. The van der Waals surface area contributed by atoms with Gasteiger partial charge in [-0.25, -0.2) is 4.39 Å². The molecule has 2 aliphatic heterocycles. The topological polar surface area (TPSA) is 46.5 Å². The van der Waals surface area contributed by atoms with Crippen molar-refractivity contribution in [3.05, 3.63) is 65.5 Å². The third kappa shape index (κ3) is 3.98. The molecule has 0 saturated carbocycles. The third-order valence-electron chi connectivity index (χ3n) is 5.91. The van der Waals surface area contributed by atoms with Crippen LogP contribution in [0, 0.1) is 5.82 Å². The van der Waals surface area contributed by atoms with Gasteiger partial charge < -0.3 is 10.0 Å². The van der Waals surface area contributed by atoms with Crippen molar-refractivity contribution in [2.45, 2.75) is 37.8 Å². The van der Waals surface area contributed by atoms with Crippen LogP contribution in [0.2, 0.25) is 0 Å². The van der Waals surface area contributed by atoms with Gasteiger partial charge in [-0.15, -0.1) is 0 Å². The number of rotatable bonds is 4. The molecule has 0 aromatic heterocycles. The number of amides is 1. The zero-order chi connectivity index (χ0) is 18.8. The number of hydrogen-bond acceptors (Lipinski definition) is 2. The van der Waals surface area contributed by atoms with E-state index in [0.717, 1.165) is 44.5 Å². The molecule has 0 unspecified atom stereocenters. The van der Waals surface area contributed by atoms with E-state index in [4.69, 9.17) is 5.11 Å². The van der Waals surface area contributed by atoms with Gasteiger partial charge in [0.05, 0.1) is 6.04 Å². The van der Waals surface area contributed by atoms with Crippen molar-refractivity contribution in [1.82, 2.24) is 9.80 Å². The van der Waals surface area contributed by atoms with E-state index in [-0.39, 0.29) is 17.8 Å². The van der Waals surface area contributed by atoms with Crippen LogP contribution in [0.4, 0.5) is 4.39 Å². The second-order valence-corrected chi connectivity index (χ2v) is 7.62. The summed E-state index contributed by atoms with van der Waals surface area (Å²) >= 11 is 0. The van der Waals surface area contributed by atoms with E-state index < -0.39 is 0 Å². The molecule has 0 aliphatic carbocycles. The summed E-state index contributed by atoms with van der Waals surface area (Å²) in [6.45, 7) is 3.21.